The van der Waals surface area contributed by atoms with Crippen LogP contribution in [0.2, 0.25) is 0 Å². The molecule has 1 aromatic carbocycles. The molecule has 1 N–H and O–H groups in total. The van der Waals surface area contributed by atoms with E-state index < -0.39 is 5.97 Å². The largest absolute Gasteiger partial charge is 0.487 e. The maximum Gasteiger partial charge on any atom is 0.336 e. The minimum Gasteiger partial charge on any atom is -0.487 e. The lowest BCUT2D eigenvalue weighted by Gasteiger charge is -2.11. The van der Waals surface area contributed by atoms with Crippen molar-refractivity contribution in [2.75, 3.05) is 0 Å². The number of ether oxygens (including phenoxy) is 1. The normalized spacial score (nSPS) is 10.4. The number of nitrogens with zero attached hydrogens (tertiary/aromatic N) is 2. The van der Waals surface area contributed by atoms with Crippen LogP contribution in [0.3, 0.4) is 0 Å². The Kier molecular flexibility index (Phi) is 3.85. The lowest BCUT2D eigenvalue weighted by Crippen LogP contribution is -2.06. The van der Waals surface area contributed by atoms with E-state index in [1.165, 1.54) is 0 Å². The second kappa shape index (κ2) is 5.56. The number of hydrogen-bond donors (Lipinski definition) is 1. The molecule has 2 aromatic rings. The van der Waals surface area contributed by atoms with E-state index in [1.807, 2.05) is 11.5 Å². The Morgan fingerprint density at radius 3 is 2.95 bits per heavy atom. The average molecular weight is 260 g/mol. The number of carbonyl (C=O) groups is 1. The molecule has 5 heteroatoms. The molecule has 0 aliphatic rings. The van der Waals surface area contributed by atoms with Crippen LogP contribution >= 0.6 is 0 Å². The van der Waals surface area contributed by atoms with Gasteiger partial charge in [-0.1, -0.05) is 6.07 Å². The Hall–Kier alpha value is -2.30. The number of aryl methyl sites for hydroxylation is 1. The van der Waals surface area contributed by atoms with Gasteiger partial charge in [-0.3, -0.25) is 0 Å². The molecule has 0 atom stereocenters. The quantitative estimate of drug-likeness (QED) is 0.897. The fourth-order valence-electron chi connectivity index (χ4n) is 1.91. The molecule has 2 rings (SSSR count). The zero-order valence-electron chi connectivity index (χ0n) is 11.0. The predicted molar refractivity (Wildman–Crippen MR) is 70.4 cm³/mol. The van der Waals surface area contributed by atoms with Gasteiger partial charge < -0.3 is 14.4 Å². The fourth-order valence-corrected chi connectivity index (χ4v) is 1.91. The molecule has 0 spiro atoms. The van der Waals surface area contributed by atoms with Crippen LogP contribution in [0.1, 0.15) is 28.5 Å². The Morgan fingerprint density at radius 2 is 2.26 bits per heavy atom. The standard InChI is InChI=1S/C14H16N2O3/c1-3-16-9-15-7-11(16)8-19-13-6-4-5-12(10(13)2)14(17)18/h4-7,9H,3,8H2,1-2H3,(H,17,18). The van der Waals surface area contributed by atoms with Crippen molar-refractivity contribution >= 4 is 5.97 Å². The first kappa shape index (κ1) is 13.1. The second-order valence-electron chi connectivity index (χ2n) is 4.19. The van der Waals surface area contributed by atoms with E-state index in [0.717, 1.165) is 12.2 Å². The molecule has 0 radical (unpaired) electrons. The molecule has 0 unspecified atom stereocenters. The fraction of sp³-hybridized carbons (Fsp3) is 0.286. The monoisotopic (exact) mass is 260 g/mol. The molecule has 5 nitrogen and oxygen atoms in total. The third kappa shape index (κ3) is 2.76. The molecule has 0 amide bonds. The second-order valence-corrected chi connectivity index (χ2v) is 4.19. The number of aromatic nitrogens is 2. The van der Waals surface area contributed by atoms with Crippen molar-refractivity contribution < 1.29 is 14.6 Å². The van der Waals surface area contributed by atoms with Crippen molar-refractivity contribution in [2.24, 2.45) is 0 Å². The van der Waals surface area contributed by atoms with Crippen molar-refractivity contribution in [1.29, 1.82) is 0 Å². The van der Waals surface area contributed by atoms with Gasteiger partial charge in [0.15, 0.2) is 0 Å². The van der Waals surface area contributed by atoms with Crippen molar-refractivity contribution in [3.8, 4) is 5.75 Å². The van der Waals surface area contributed by atoms with Crippen molar-refractivity contribution in [3.05, 3.63) is 47.5 Å². The Morgan fingerprint density at radius 1 is 1.47 bits per heavy atom. The average Bonchev–Trinajstić information content (AvgIpc) is 2.84. The summed E-state index contributed by atoms with van der Waals surface area (Å²) in [4.78, 5) is 15.1. The van der Waals surface area contributed by atoms with Crippen molar-refractivity contribution in [3.63, 3.8) is 0 Å². The van der Waals surface area contributed by atoms with Gasteiger partial charge in [-0.15, -0.1) is 0 Å². The highest BCUT2D eigenvalue weighted by Gasteiger charge is 2.11. The maximum atomic E-state index is 11.0. The summed E-state index contributed by atoms with van der Waals surface area (Å²) < 4.78 is 7.67. The van der Waals surface area contributed by atoms with Gasteiger partial charge in [0.05, 0.1) is 23.8 Å². The van der Waals surface area contributed by atoms with Gasteiger partial charge in [-0.05, 0) is 26.0 Å². The van der Waals surface area contributed by atoms with Crippen LogP contribution in [-0.4, -0.2) is 20.6 Å². The molecule has 0 saturated heterocycles. The summed E-state index contributed by atoms with van der Waals surface area (Å²) in [6, 6.07) is 5.03. The molecule has 1 aromatic heterocycles. The van der Waals surface area contributed by atoms with Crippen molar-refractivity contribution in [2.45, 2.75) is 27.0 Å². The van der Waals surface area contributed by atoms with Crippen LogP contribution in [0.4, 0.5) is 0 Å². The van der Waals surface area contributed by atoms with Gasteiger partial charge in [0.1, 0.15) is 12.4 Å². The zero-order valence-corrected chi connectivity index (χ0v) is 11.0. The van der Waals surface area contributed by atoms with E-state index in [1.54, 1.807) is 37.6 Å². The first-order chi connectivity index (χ1) is 9.13. The summed E-state index contributed by atoms with van der Waals surface area (Å²) in [6.07, 6.45) is 3.50. The van der Waals surface area contributed by atoms with E-state index >= 15 is 0 Å². The molecular formula is C14H16N2O3. The number of carboxylic acids is 1. The summed E-state index contributed by atoms with van der Waals surface area (Å²) in [7, 11) is 0. The third-order valence-electron chi connectivity index (χ3n) is 3.03. The molecule has 0 aliphatic heterocycles. The van der Waals surface area contributed by atoms with E-state index in [-0.39, 0.29) is 5.56 Å². The lowest BCUT2D eigenvalue weighted by atomic mass is 10.1. The predicted octanol–water partition coefficient (Wildman–Crippen LogP) is 2.49. The number of carboxylic acid groups (broad SMARTS) is 1. The number of imidazole rings is 1. The van der Waals surface area contributed by atoms with Gasteiger partial charge in [0, 0.05) is 12.1 Å². The topological polar surface area (TPSA) is 64.4 Å². The van der Waals surface area contributed by atoms with Gasteiger partial charge in [0.2, 0.25) is 0 Å². The minimum absolute atomic E-state index is 0.265. The van der Waals surface area contributed by atoms with Gasteiger partial charge in [-0.25, -0.2) is 9.78 Å². The minimum atomic E-state index is -0.943. The molecule has 19 heavy (non-hydrogen) atoms. The Bertz CT molecular complexity index is 590. The zero-order chi connectivity index (χ0) is 13.8. The Balaban J connectivity index is 2.16. The lowest BCUT2D eigenvalue weighted by molar-refractivity contribution is 0.0695. The van der Waals surface area contributed by atoms with Gasteiger partial charge in [0.25, 0.3) is 0 Å². The summed E-state index contributed by atoms with van der Waals surface area (Å²) in [6.45, 7) is 4.97. The molecular weight excluding hydrogens is 244 g/mol. The summed E-state index contributed by atoms with van der Waals surface area (Å²) >= 11 is 0. The SMILES string of the molecule is CCn1cncc1COc1cccc(C(=O)O)c1C. The van der Waals surface area contributed by atoms with Crippen LogP contribution in [0.5, 0.6) is 5.75 Å². The number of hydrogen-bond acceptors (Lipinski definition) is 3. The highest BCUT2D eigenvalue weighted by molar-refractivity contribution is 5.90. The smallest absolute Gasteiger partial charge is 0.336 e. The number of benzene rings is 1. The van der Waals surface area contributed by atoms with Crippen LogP contribution in [-0.2, 0) is 13.2 Å². The van der Waals surface area contributed by atoms with Gasteiger partial charge >= 0.3 is 5.97 Å². The molecule has 100 valence electrons. The van der Waals surface area contributed by atoms with Crippen LogP contribution < -0.4 is 4.74 Å². The van der Waals surface area contributed by atoms with Gasteiger partial charge in [-0.2, -0.15) is 0 Å². The van der Waals surface area contributed by atoms with E-state index in [2.05, 4.69) is 4.98 Å². The molecule has 0 aliphatic carbocycles. The third-order valence-corrected chi connectivity index (χ3v) is 3.03. The van der Waals surface area contributed by atoms with E-state index in [4.69, 9.17) is 9.84 Å². The molecule has 0 saturated carbocycles. The molecule has 1 heterocycles. The number of rotatable bonds is 5. The molecule has 0 fully saturated rings. The molecule has 0 bridgehead atoms. The first-order valence-electron chi connectivity index (χ1n) is 6.08. The van der Waals surface area contributed by atoms with E-state index in [9.17, 15) is 4.79 Å². The first-order valence-corrected chi connectivity index (χ1v) is 6.08. The van der Waals surface area contributed by atoms with E-state index in [0.29, 0.717) is 17.9 Å². The van der Waals surface area contributed by atoms with Crippen LogP contribution in [0, 0.1) is 6.92 Å². The van der Waals surface area contributed by atoms with Crippen molar-refractivity contribution in [1.82, 2.24) is 9.55 Å². The Labute approximate surface area is 111 Å². The van der Waals surface area contributed by atoms with Crippen LogP contribution in [0.15, 0.2) is 30.7 Å². The maximum absolute atomic E-state index is 11.0. The number of aromatic carboxylic acids is 1. The van der Waals surface area contributed by atoms with Crippen LogP contribution in [0.25, 0.3) is 0 Å². The summed E-state index contributed by atoms with van der Waals surface area (Å²) in [5, 5.41) is 9.05. The summed E-state index contributed by atoms with van der Waals surface area (Å²) in [5.41, 5.74) is 1.86. The summed E-state index contributed by atoms with van der Waals surface area (Å²) in [5.74, 6) is -0.356. The highest BCUT2D eigenvalue weighted by atomic mass is 16.5. The highest BCUT2D eigenvalue weighted by Crippen LogP contribution is 2.22.